The zero-order valence-electron chi connectivity index (χ0n) is 20.0. The molecule has 31 heavy (non-hydrogen) atoms. The van der Waals surface area contributed by atoms with Crippen molar-refractivity contribution in [3.8, 4) is 5.75 Å². The molecule has 0 radical (unpaired) electrons. The Morgan fingerprint density at radius 3 is 1.61 bits per heavy atom. The first-order chi connectivity index (χ1) is 15.1. The van der Waals surface area contributed by atoms with E-state index in [9.17, 15) is 4.79 Å². The van der Waals surface area contributed by atoms with Crippen LogP contribution in [0.3, 0.4) is 0 Å². The molecule has 0 aliphatic carbocycles. The number of nitrogens with two attached hydrogens (primary N) is 1. The van der Waals surface area contributed by atoms with Gasteiger partial charge in [-0.15, -0.1) is 0 Å². The standard InChI is InChI=1S/C27H47NO3/c1-2-3-4-5-6-7-8-9-10-11-12-13-14-15-16-17-22-31-25-20-18-24(19-21-25)23-26(28)27(29)30/h18-21,26H,2-17,22-23,28H2,1H3,(H,29,30)/t26-/m0/s1. The van der Waals surface area contributed by atoms with Crippen molar-refractivity contribution in [2.45, 2.75) is 122 Å². The summed E-state index contributed by atoms with van der Waals surface area (Å²) in [5.74, 6) is -0.127. The van der Waals surface area contributed by atoms with Gasteiger partial charge in [-0.1, -0.05) is 115 Å². The van der Waals surface area contributed by atoms with Crippen molar-refractivity contribution in [2.75, 3.05) is 6.61 Å². The van der Waals surface area contributed by atoms with E-state index in [-0.39, 0.29) is 0 Å². The van der Waals surface area contributed by atoms with Gasteiger partial charge in [0.05, 0.1) is 6.61 Å². The largest absolute Gasteiger partial charge is 0.494 e. The predicted octanol–water partition coefficient (Wildman–Crippen LogP) is 7.28. The lowest BCUT2D eigenvalue weighted by molar-refractivity contribution is -0.138. The average Bonchev–Trinajstić information content (AvgIpc) is 2.77. The Bertz CT molecular complexity index is 544. The molecule has 0 aliphatic heterocycles. The highest BCUT2D eigenvalue weighted by Crippen LogP contribution is 2.16. The Balaban J connectivity index is 1.86. The number of rotatable bonds is 21. The van der Waals surface area contributed by atoms with Gasteiger partial charge >= 0.3 is 5.97 Å². The van der Waals surface area contributed by atoms with Gasteiger partial charge in [0.1, 0.15) is 11.8 Å². The van der Waals surface area contributed by atoms with Gasteiger partial charge in [0.25, 0.3) is 0 Å². The number of aliphatic carboxylic acids is 1. The van der Waals surface area contributed by atoms with Gasteiger partial charge in [-0.25, -0.2) is 0 Å². The minimum atomic E-state index is -0.969. The van der Waals surface area contributed by atoms with Gasteiger partial charge in [0, 0.05) is 0 Å². The maximum Gasteiger partial charge on any atom is 0.320 e. The summed E-state index contributed by atoms with van der Waals surface area (Å²) in [6.07, 6.45) is 22.3. The van der Waals surface area contributed by atoms with Crippen LogP contribution in [0.15, 0.2) is 24.3 Å². The van der Waals surface area contributed by atoms with E-state index in [1.807, 2.05) is 24.3 Å². The Kier molecular flexibility index (Phi) is 17.0. The lowest BCUT2D eigenvalue weighted by Crippen LogP contribution is -2.32. The van der Waals surface area contributed by atoms with Crippen LogP contribution in [0.2, 0.25) is 0 Å². The fourth-order valence-corrected chi connectivity index (χ4v) is 3.90. The van der Waals surface area contributed by atoms with Crippen LogP contribution in [-0.4, -0.2) is 23.7 Å². The summed E-state index contributed by atoms with van der Waals surface area (Å²) in [6, 6.07) is 6.74. The Morgan fingerprint density at radius 1 is 0.774 bits per heavy atom. The van der Waals surface area contributed by atoms with Crippen LogP contribution in [0.4, 0.5) is 0 Å². The molecule has 3 N–H and O–H groups in total. The molecule has 0 heterocycles. The lowest BCUT2D eigenvalue weighted by Gasteiger charge is -2.09. The van der Waals surface area contributed by atoms with Gasteiger partial charge in [-0.2, -0.15) is 0 Å². The van der Waals surface area contributed by atoms with E-state index in [0.29, 0.717) is 6.42 Å². The first-order valence-corrected chi connectivity index (χ1v) is 12.8. The minimum absolute atomic E-state index is 0.342. The van der Waals surface area contributed by atoms with Crippen molar-refractivity contribution in [1.82, 2.24) is 0 Å². The number of hydrogen-bond acceptors (Lipinski definition) is 3. The molecule has 0 bridgehead atoms. The highest BCUT2D eigenvalue weighted by Gasteiger charge is 2.11. The molecule has 1 rings (SSSR count). The summed E-state index contributed by atoms with van der Waals surface area (Å²) in [4.78, 5) is 10.8. The molecule has 0 fully saturated rings. The molecular formula is C27H47NO3. The van der Waals surface area contributed by atoms with Crippen LogP contribution >= 0.6 is 0 Å². The molecule has 0 saturated heterocycles. The molecule has 4 heteroatoms. The second-order valence-corrected chi connectivity index (χ2v) is 8.94. The summed E-state index contributed by atoms with van der Waals surface area (Å²) in [6.45, 7) is 3.02. The number of carboxylic acids is 1. The Labute approximate surface area is 191 Å². The molecule has 4 nitrogen and oxygen atoms in total. The van der Waals surface area contributed by atoms with Crippen LogP contribution in [0.1, 0.15) is 115 Å². The molecule has 178 valence electrons. The summed E-state index contributed by atoms with van der Waals surface area (Å²) < 4.78 is 5.78. The van der Waals surface area contributed by atoms with Crippen LogP contribution < -0.4 is 10.5 Å². The van der Waals surface area contributed by atoms with Gasteiger partial charge in [0.15, 0.2) is 0 Å². The Morgan fingerprint density at radius 2 is 1.19 bits per heavy atom. The monoisotopic (exact) mass is 433 g/mol. The van der Waals surface area contributed by atoms with Crippen LogP contribution in [-0.2, 0) is 11.2 Å². The maximum atomic E-state index is 10.8. The summed E-state index contributed by atoms with van der Waals surface area (Å²) >= 11 is 0. The quantitative estimate of drug-likeness (QED) is 0.200. The van der Waals surface area contributed by atoms with E-state index in [0.717, 1.165) is 24.3 Å². The highest BCUT2D eigenvalue weighted by atomic mass is 16.5. The third-order valence-corrected chi connectivity index (χ3v) is 5.96. The maximum absolute atomic E-state index is 10.8. The first kappa shape index (κ1) is 27.5. The molecule has 0 aliphatic rings. The van der Waals surface area contributed by atoms with Gasteiger partial charge in [-0.3, -0.25) is 4.79 Å². The third-order valence-electron chi connectivity index (χ3n) is 5.96. The number of carbonyl (C=O) groups is 1. The van der Waals surface area contributed by atoms with Crippen molar-refractivity contribution < 1.29 is 14.6 Å². The van der Waals surface area contributed by atoms with Crippen LogP contribution in [0.25, 0.3) is 0 Å². The number of ether oxygens (including phenoxy) is 1. The molecule has 1 atom stereocenters. The smallest absolute Gasteiger partial charge is 0.320 e. The van der Waals surface area contributed by atoms with Gasteiger partial charge in [0.2, 0.25) is 0 Å². The molecular weight excluding hydrogens is 386 g/mol. The van der Waals surface area contributed by atoms with Crippen molar-refractivity contribution in [3.63, 3.8) is 0 Å². The number of benzene rings is 1. The Hall–Kier alpha value is -1.55. The minimum Gasteiger partial charge on any atom is -0.494 e. The molecule has 1 aromatic rings. The van der Waals surface area contributed by atoms with Crippen LogP contribution in [0, 0.1) is 0 Å². The predicted molar refractivity (Wildman–Crippen MR) is 131 cm³/mol. The average molecular weight is 434 g/mol. The van der Waals surface area contributed by atoms with Crippen molar-refractivity contribution >= 4 is 5.97 Å². The van der Waals surface area contributed by atoms with E-state index in [1.54, 1.807) is 0 Å². The van der Waals surface area contributed by atoms with E-state index < -0.39 is 12.0 Å². The van der Waals surface area contributed by atoms with Crippen molar-refractivity contribution in [1.29, 1.82) is 0 Å². The lowest BCUT2D eigenvalue weighted by atomic mass is 10.0. The van der Waals surface area contributed by atoms with Gasteiger partial charge < -0.3 is 15.6 Å². The zero-order valence-corrected chi connectivity index (χ0v) is 20.0. The molecule has 0 amide bonds. The summed E-state index contributed by atoms with van der Waals surface area (Å²) in [7, 11) is 0. The zero-order chi connectivity index (χ0) is 22.6. The second kappa shape index (κ2) is 19.2. The summed E-state index contributed by atoms with van der Waals surface area (Å²) in [5, 5.41) is 8.86. The van der Waals surface area contributed by atoms with E-state index in [4.69, 9.17) is 15.6 Å². The molecule has 0 spiro atoms. The normalized spacial score (nSPS) is 12.1. The first-order valence-electron chi connectivity index (χ1n) is 12.8. The number of carboxylic acid groups (broad SMARTS) is 1. The number of hydrogen-bond donors (Lipinski definition) is 2. The fraction of sp³-hybridized carbons (Fsp3) is 0.741. The highest BCUT2D eigenvalue weighted by molar-refractivity contribution is 5.73. The number of unbranched alkanes of at least 4 members (excludes halogenated alkanes) is 15. The second-order valence-electron chi connectivity index (χ2n) is 8.94. The molecule has 1 aromatic carbocycles. The van der Waals surface area contributed by atoms with Crippen molar-refractivity contribution in [3.05, 3.63) is 29.8 Å². The van der Waals surface area contributed by atoms with Gasteiger partial charge in [-0.05, 0) is 30.5 Å². The van der Waals surface area contributed by atoms with Crippen LogP contribution in [0.5, 0.6) is 5.75 Å². The molecule has 0 unspecified atom stereocenters. The van der Waals surface area contributed by atoms with E-state index in [2.05, 4.69) is 6.92 Å². The topological polar surface area (TPSA) is 72.5 Å². The molecule has 0 saturated carbocycles. The van der Waals surface area contributed by atoms with Crippen molar-refractivity contribution in [2.24, 2.45) is 5.73 Å². The van der Waals surface area contributed by atoms with E-state index >= 15 is 0 Å². The summed E-state index contributed by atoms with van der Waals surface area (Å²) in [5.41, 5.74) is 6.48. The SMILES string of the molecule is CCCCCCCCCCCCCCCCCCOc1ccc(C[C@H](N)C(=O)O)cc1. The third kappa shape index (κ3) is 15.8. The molecule has 0 aromatic heterocycles. The van der Waals surface area contributed by atoms with E-state index in [1.165, 1.54) is 96.3 Å². The fourth-order valence-electron chi connectivity index (χ4n) is 3.90.